The van der Waals surface area contributed by atoms with Crippen LogP contribution in [0, 0.1) is 0 Å². The van der Waals surface area contributed by atoms with Crippen molar-refractivity contribution in [3.8, 4) is 0 Å². The lowest BCUT2D eigenvalue weighted by Crippen LogP contribution is -2.37. The van der Waals surface area contributed by atoms with Gasteiger partial charge in [-0.3, -0.25) is 9.59 Å². The van der Waals surface area contributed by atoms with Gasteiger partial charge in [0.1, 0.15) is 0 Å². The van der Waals surface area contributed by atoms with Crippen LogP contribution in [0.5, 0.6) is 0 Å². The number of benzene rings is 2. The second-order valence-electron chi connectivity index (χ2n) is 6.84. The second-order valence-corrected chi connectivity index (χ2v) is 7.78. The van der Waals surface area contributed by atoms with E-state index in [1.54, 1.807) is 6.07 Å². The first-order valence-electron chi connectivity index (χ1n) is 9.90. The monoisotopic (exact) mass is 406 g/mol. The lowest BCUT2D eigenvalue weighted by molar-refractivity contribution is -0.131. The molecule has 4 nitrogen and oxygen atoms in total. The zero-order valence-corrected chi connectivity index (χ0v) is 17.2. The zero-order valence-electron chi connectivity index (χ0n) is 16.4. The van der Waals surface area contributed by atoms with Crippen LogP contribution in [0.4, 0.5) is 0 Å². The Labute approximate surface area is 176 Å². The summed E-state index contributed by atoms with van der Waals surface area (Å²) < 4.78 is 0. The molecule has 2 aromatic carbocycles. The van der Waals surface area contributed by atoms with E-state index in [4.69, 9.17) is 0 Å². The lowest BCUT2D eigenvalue weighted by atomic mass is 10.1. The lowest BCUT2D eigenvalue weighted by Gasteiger charge is -2.23. The summed E-state index contributed by atoms with van der Waals surface area (Å²) in [7, 11) is 0. The van der Waals surface area contributed by atoms with Gasteiger partial charge in [-0.2, -0.15) is 0 Å². The summed E-state index contributed by atoms with van der Waals surface area (Å²) in [6.45, 7) is 1.70. The van der Waals surface area contributed by atoms with Crippen LogP contribution in [-0.4, -0.2) is 36.3 Å². The van der Waals surface area contributed by atoms with Gasteiger partial charge < -0.3 is 10.2 Å². The smallest absolute Gasteiger partial charge is 0.261 e. The SMILES string of the molecule is O=C(NCCC(=O)N(CCc1ccccc1)CCc1ccccc1)c1cccs1. The molecule has 0 aliphatic heterocycles. The van der Waals surface area contributed by atoms with Crippen molar-refractivity contribution in [1.82, 2.24) is 10.2 Å². The average Bonchev–Trinajstić information content (AvgIpc) is 3.30. The highest BCUT2D eigenvalue weighted by molar-refractivity contribution is 7.12. The fourth-order valence-corrected chi connectivity index (χ4v) is 3.75. The highest BCUT2D eigenvalue weighted by Gasteiger charge is 2.14. The third-order valence-electron chi connectivity index (χ3n) is 4.75. The van der Waals surface area contributed by atoms with Gasteiger partial charge in [0, 0.05) is 26.1 Å². The minimum absolute atomic E-state index is 0.0725. The number of nitrogens with one attached hydrogen (secondary N) is 1. The van der Waals surface area contributed by atoms with E-state index in [9.17, 15) is 9.59 Å². The minimum Gasteiger partial charge on any atom is -0.351 e. The van der Waals surface area contributed by atoms with E-state index in [1.165, 1.54) is 22.5 Å². The number of hydrogen-bond donors (Lipinski definition) is 1. The summed E-state index contributed by atoms with van der Waals surface area (Å²) in [5.41, 5.74) is 2.44. The molecule has 29 heavy (non-hydrogen) atoms. The molecule has 0 fully saturated rings. The molecule has 2 amide bonds. The summed E-state index contributed by atoms with van der Waals surface area (Å²) in [6.07, 6.45) is 1.95. The van der Waals surface area contributed by atoms with Crippen molar-refractivity contribution in [2.24, 2.45) is 0 Å². The van der Waals surface area contributed by atoms with Crippen LogP contribution >= 0.6 is 11.3 Å². The first kappa shape index (κ1) is 20.8. The van der Waals surface area contributed by atoms with Crippen LogP contribution in [-0.2, 0) is 17.6 Å². The maximum absolute atomic E-state index is 12.8. The fourth-order valence-electron chi connectivity index (χ4n) is 3.11. The van der Waals surface area contributed by atoms with Gasteiger partial charge in [0.2, 0.25) is 5.91 Å². The molecule has 1 heterocycles. The van der Waals surface area contributed by atoms with E-state index >= 15 is 0 Å². The van der Waals surface area contributed by atoms with E-state index in [0.29, 0.717) is 30.9 Å². The summed E-state index contributed by atoms with van der Waals surface area (Å²) in [4.78, 5) is 27.5. The Kier molecular flexibility index (Phi) is 8.01. The first-order chi connectivity index (χ1) is 14.2. The van der Waals surface area contributed by atoms with Crippen molar-refractivity contribution in [2.45, 2.75) is 19.3 Å². The van der Waals surface area contributed by atoms with Gasteiger partial charge in [-0.25, -0.2) is 0 Å². The van der Waals surface area contributed by atoms with E-state index in [-0.39, 0.29) is 11.8 Å². The van der Waals surface area contributed by atoms with Gasteiger partial charge in [0.25, 0.3) is 5.91 Å². The number of hydrogen-bond acceptors (Lipinski definition) is 3. The van der Waals surface area contributed by atoms with E-state index in [1.807, 2.05) is 52.7 Å². The number of carbonyl (C=O) groups excluding carboxylic acids is 2. The molecule has 0 radical (unpaired) electrons. The van der Waals surface area contributed by atoms with E-state index < -0.39 is 0 Å². The molecule has 0 saturated carbocycles. The molecular formula is C24H26N2O2S. The molecule has 0 atom stereocenters. The van der Waals surface area contributed by atoms with Crippen molar-refractivity contribution in [3.05, 3.63) is 94.2 Å². The topological polar surface area (TPSA) is 49.4 Å². The maximum Gasteiger partial charge on any atom is 0.261 e. The quantitative estimate of drug-likeness (QED) is 0.549. The number of carbonyl (C=O) groups is 2. The molecule has 3 aromatic rings. The standard InChI is InChI=1S/C24H26N2O2S/c27-23(13-16-25-24(28)22-12-7-19-29-22)26(17-14-20-8-3-1-4-9-20)18-15-21-10-5-2-6-11-21/h1-12,19H,13-18H2,(H,25,28). The highest BCUT2D eigenvalue weighted by Crippen LogP contribution is 2.09. The van der Waals surface area contributed by atoms with Gasteiger partial charge >= 0.3 is 0 Å². The molecule has 0 aliphatic rings. The Morgan fingerprint density at radius 3 is 1.90 bits per heavy atom. The predicted octanol–water partition coefficient (Wildman–Crippen LogP) is 4.18. The van der Waals surface area contributed by atoms with E-state index in [2.05, 4.69) is 29.6 Å². The van der Waals surface area contributed by atoms with Gasteiger partial charge in [0.15, 0.2) is 0 Å². The third kappa shape index (κ3) is 6.88. The van der Waals surface area contributed by atoms with Gasteiger partial charge in [-0.15, -0.1) is 11.3 Å². The van der Waals surface area contributed by atoms with Crippen LogP contribution in [0.2, 0.25) is 0 Å². The highest BCUT2D eigenvalue weighted by atomic mass is 32.1. The number of amides is 2. The van der Waals surface area contributed by atoms with Crippen molar-refractivity contribution < 1.29 is 9.59 Å². The van der Waals surface area contributed by atoms with Gasteiger partial charge in [0.05, 0.1) is 4.88 Å². The second kappa shape index (κ2) is 11.2. The normalized spacial score (nSPS) is 10.5. The number of rotatable bonds is 10. The molecule has 0 bridgehead atoms. The maximum atomic E-state index is 12.8. The van der Waals surface area contributed by atoms with Crippen LogP contribution in [0.3, 0.4) is 0 Å². The number of nitrogens with zero attached hydrogens (tertiary/aromatic N) is 1. The molecular weight excluding hydrogens is 380 g/mol. The summed E-state index contributed by atoms with van der Waals surface area (Å²) in [5, 5.41) is 4.71. The van der Waals surface area contributed by atoms with Crippen LogP contribution in [0.1, 0.15) is 27.2 Å². The van der Waals surface area contributed by atoms with Crippen molar-refractivity contribution >= 4 is 23.2 Å². The molecule has 0 aliphatic carbocycles. The molecule has 150 valence electrons. The molecule has 0 saturated heterocycles. The van der Waals surface area contributed by atoms with Crippen molar-refractivity contribution in [3.63, 3.8) is 0 Å². The van der Waals surface area contributed by atoms with Gasteiger partial charge in [-0.1, -0.05) is 66.7 Å². The van der Waals surface area contributed by atoms with Gasteiger partial charge in [-0.05, 0) is 35.4 Å². The molecule has 5 heteroatoms. The minimum atomic E-state index is -0.118. The molecule has 0 spiro atoms. The van der Waals surface area contributed by atoms with Crippen LogP contribution in [0.25, 0.3) is 0 Å². The Morgan fingerprint density at radius 2 is 1.38 bits per heavy atom. The Hall–Kier alpha value is -2.92. The molecule has 1 aromatic heterocycles. The fraction of sp³-hybridized carbons (Fsp3) is 0.250. The van der Waals surface area contributed by atoms with Crippen molar-refractivity contribution in [2.75, 3.05) is 19.6 Å². The Morgan fingerprint density at radius 1 is 0.793 bits per heavy atom. The predicted molar refractivity (Wildman–Crippen MR) is 118 cm³/mol. The number of thiophene rings is 1. The van der Waals surface area contributed by atoms with Crippen LogP contribution in [0.15, 0.2) is 78.2 Å². The molecule has 3 rings (SSSR count). The summed E-state index contributed by atoms with van der Waals surface area (Å²) >= 11 is 1.40. The molecule has 0 unspecified atom stereocenters. The third-order valence-corrected chi connectivity index (χ3v) is 5.62. The average molecular weight is 407 g/mol. The van der Waals surface area contributed by atoms with Crippen molar-refractivity contribution in [1.29, 1.82) is 0 Å². The summed E-state index contributed by atoms with van der Waals surface area (Å²) in [5.74, 6) is -0.0451. The van der Waals surface area contributed by atoms with E-state index in [0.717, 1.165) is 12.8 Å². The largest absolute Gasteiger partial charge is 0.351 e. The van der Waals surface area contributed by atoms with Crippen LogP contribution < -0.4 is 5.32 Å². The Bertz CT molecular complexity index is 836. The molecule has 1 N–H and O–H groups in total. The summed E-state index contributed by atoms with van der Waals surface area (Å²) in [6, 6.07) is 24.0. The Balaban J connectivity index is 1.53. The first-order valence-corrected chi connectivity index (χ1v) is 10.8. The zero-order chi connectivity index (χ0) is 20.3.